The van der Waals surface area contributed by atoms with Gasteiger partial charge in [0.1, 0.15) is 4.88 Å². The average molecular weight is 298 g/mol. The molecule has 0 bridgehead atoms. The van der Waals surface area contributed by atoms with Gasteiger partial charge in [-0.15, -0.1) is 11.3 Å². The first-order valence-corrected chi connectivity index (χ1v) is 7.45. The first kappa shape index (κ1) is 13.4. The highest BCUT2D eigenvalue weighted by Crippen LogP contribution is 2.25. The Morgan fingerprint density at radius 1 is 1.21 bits per heavy atom. The van der Waals surface area contributed by atoms with Crippen LogP contribution in [-0.2, 0) is 10.0 Å². The third-order valence-corrected chi connectivity index (χ3v) is 4.58. The van der Waals surface area contributed by atoms with Crippen molar-refractivity contribution in [1.82, 2.24) is 0 Å². The Bertz CT molecular complexity index is 705. The van der Waals surface area contributed by atoms with Crippen molar-refractivity contribution in [3.05, 3.63) is 40.6 Å². The summed E-state index contributed by atoms with van der Waals surface area (Å²) in [5.41, 5.74) is 5.97. The number of nitrogen functional groups attached to an aromatic ring is 1. The predicted octanol–water partition coefficient (Wildman–Crippen LogP) is 1.83. The molecule has 0 amide bonds. The number of aromatic carboxylic acids is 1. The van der Waals surface area contributed by atoms with E-state index in [4.69, 9.17) is 10.8 Å². The number of anilines is 2. The van der Waals surface area contributed by atoms with E-state index in [1.807, 2.05) is 0 Å². The minimum Gasteiger partial charge on any atom is -0.477 e. The summed E-state index contributed by atoms with van der Waals surface area (Å²) in [6.07, 6.45) is 0. The molecule has 1 aromatic heterocycles. The molecule has 0 spiro atoms. The molecule has 19 heavy (non-hydrogen) atoms. The van der Waals surface area contributed by atoms with Gasteiger partial charge in [0.25, 0.3) is 10.0 Å². The highest BCUT2D eigenvalue weighted by Gasteiger charge is 2.19. The lowest BCUT2D eigenvalue weighted by Gasteiger charge is -2.07. The van der Waals surface area contributed by atoms with Gasteiger partial charge in [0.2, 0.25) is 0 Å². The van der Waals surface area contributed by atoms with Crippen molar-refractivity contribution in [1.29, 1.82) is 0 Å². The van der Waals surface area contributed by atoms with Crippen LogP contribution in [-0.4, -0.2) is 19.5 Å². The quantitative estimate of drug-likeness (QED) is 0.746. The fourth-order valence-corrected chi connectivity index (χ4v) is 3.23. The molecule has 4 N–H and O–H groups in total. The Kier molecular flexibility index (Phi) is 3.45. The zero-order valence-corrected chi connectivity index (χ0v) is 11.2. The second-order valence-electron chi connectivity index (χ2n) is 3.64. The molecule has 2 aromatic rings. The van der Waals surface area contributed by atoms with Gasteiger partial charge in [0.05, 0.1) is 10.6 Å². The summed E-state index contributed by atoms with van der Waals surface area (Å²) in [4.78, 5) is 10.9. The number of carboxylic acids is 1. The van der Waals surface area contributed by atoms with E-state index in [0.717, 1.165) is 11.3 Å². The number of hydrogen-bond acceptors (Lipinski definition) is 5. The fourth-order valence-electron chi connectivity index (χ4n) is 1.41. The van der Waals surface area contributed by atoms with E-state index in [1.165, 1.54) is 35.7 Å². The van der Waals surface area contributed by atoms with Gasteiger partial charge < -0.3 is 10.8 Å². The molecule has 1 aromatic carbocycles. The van der Waals surface area contributed by atoms with E-state index in [-0.39, 0.29) is 15.5 Å². The Balaban J connectivity index is 2.34. The van der Waals surface area contributed by atoms with Gasteiger partial charge in [0, 0.05) is 5.69 Å². The summed E-state index contributed by atoms with van der Waals surface area (Å²) in [5.74, 6) is -1.18. The molecule has 0 aliphatic carbocycles. The van der Waals surface area contributed by atoms with Crippen molar-refractivity contribution >= 4 is 38.7 Å². The van der Waals surface area contributed by atoms with Crippen molar-refractivity contribution in [3.63, 3.8) is 0 Å². The van der Waals surface area contributed by atoms with Gasteiger partial charge in [0.15, 0.2) is 0 Å². The standard InChI is InChI=1S/C11H10N2O4S2/c12-7-1-3-8(4-2-7)19(16,17)13-9-5-6-18-10(9)11(14)15/h1-6,13H,12H2,(H,14,15). The zero-order chi connectivity index (χ0) is 14.0. The van der Waals surface area contributed by atoms with Gasteiger partial charge in [-0.2, -0.15) is 0 Å². The number of thiophene rings is 1. The number of sulfonamides is 1. The lowest BCUT2D eigenvalue weighted by atomic mass is 10.3. The van der Waals surface area contributed by atoms with Crippen LogP contribution in [0.3, 0.4) is 0 Å². The van der Waals surface area contributed by atoms with Crippen molar-refractivity contribution in [2.75, 3.05) is 10.5 Å². The molecule has 0 aliphatic rings. The Morgan fingerprint density at radius 3 is 2.42 bits per heavy atom. The molecule has 0 radical (unpaired) electrons. The third kappa shape index (κ3) is 2.85. The van der Waals surface area contributed by atoms with Crippen LogP contribution in [0.25, 0.3) is 0 Å². The van der Waals surface area contributed by atoms with Gasteiger partial charge in [-0.1, -0.05) is 0 Å². The number of rotatable bonds is 4. The topological polar surface area (TPSA) is 109 Å². The molecular weight excluding hydrogens is 288 g/mol. The molecule has 8 heteroatoms. The molecule has 0 saturated carbocycles. The largest absolute Gasteiger partial charge is 0.477 e. The molecule has 0 atom stereocenters. The minimum absolute atomic E-state index is 0.0178. The Hall–Kier alpha value is -2.06. The van der Waals surface area contributed by atoms with Gasteiger partial charge in [-0.05, 0) is 35.7 Å². The van der Waals surface area contributed by atoms with Crippen LogP contribution in [0.4, 0.5) is 11.4 Å². The number of carbonyl (C=O) groups is 1. The molecule has 100 valence electrons. The molecule has 1 heterocycles. The number of carboxylic acid groups (broad SMARTS) is 1. The van der Waals surface area contributed by atoms with Crippen molar-refractivity contribution in [2.45, 2.75) is 4.90 Å². The van der Waals surface area contributed by atoms with Crippen LogP contribution in [0.15, 0.2) is 40.6 Å². The van der Waals surface area contributed by atoms with Gasteiger partial charge in [-0.25, -0.2) is 13.2 Å². The molecule has 0 fully saturated rings. The zero-order valence-electron chi connectivity index (χ0n) is 9.53. The fraction of sp³-hybridized carbons (Fsp3) is 0. The van der Waals surface area contributed by atoms with Crippen LogP contribution in [0.5, 0.6) is 0 Å². The molecule has 0 aliphatic heterocycles. The summed E-state index contributed by atoms with van der Waals surface area (Å²) in [6.45, 7) is 0. The van der Waals surface area contributed by atoms with Crippen LogP contribution in [0.1, 0.15) is 9.67 Å². The molecule has 6 nitrogen and oxygen atoms in total. The van der Waals surface area contributed by atoms with E-state index in [0.29, 0.717) is 5.69 Å². The minimum atomic E-state index is -3.82. The van der Waals surface area contributed by atoms with Crippen LogP contribution in [0, 0.1) is 0 Å². The number of benzene rings is 1. The van der Waals surface area contributed by atoms with Crippen LogP contribution in [0.2, 0.25) is 0 Å². The van der Waals surface area contributed by atoms with E-state index >= 15 is 0 Å². The van der Waals surface area contributed by atoms with Gasteiger partial charge in [-0.3, -0.25) is 4.72 Å². The average Bonchev–Trinajstić information content (AvgIpc) is 2.77. The smallest absolute Gasteiger partial charge is 0.348 e. The third-order valence-electron chi connectivity index (χ3n) is 2.29. The highest BCUT2D eigenvalue weighted by molar-refractivity contribution is 7.92. The van der Waals surface area contributed by atoms with Crippen LogP contribution >= 0.6 is 11.3 Å². The maximum Gasteiger partial charge on any atom is 0.348 e. The second-order valence-corrected chi connectivity index (χ2v) is 6.24. The molecular formula is C11H10N2O4S2. The van der Waals surface area contributed by atoms with Crippen molar-refractivity contribution in [3.8, 4) is 0 Å². The molecule has 0 unspecified atom stereocenters. The summed E-state index contributed by atoms with van der Waals surface area (Å²) < 4.78 is 26.3. The predicted molar refractivity (Wildman–Crippen MR) is 72.9 cm³/mol. The SMILES string of the molecule is Nc1ccc(S(=O)(=O)Nc2ccsc2C(=O)O)cc1. The number of nitrogens with two attached hydrogens (primary N) is 1. The van der Waals surface area contributed by atoms with E-state index in [2.05, 4.69) is 4.72 Å². The second kappa shape index (κ2) is 4.90. The highest BCUT2D eigenvalue weighted by atomic mass is 32.2. The Labute approximate surface area is 113 Å². The maximum atomic E-state index is 12.0. The monoisotopic (exact) mass is 298 g/mol. The lowest BCUT2D eigenvalue weighted by Crippen LogP contribution is -2.14. The maximum absolute atomic E-state index is 12.0. The van der Waals surface area contributed by atoms with Crippen molar-refractivity contribution < 1.29 is 18.3 Å². The molecule has 2 rings (SSSR count). The summed E-state index contributed by atoms with van der Waals surface area (Å²) in [5, 5.41) is 10.4. The number of nitrogens with one attached hydrogen (secondary N) is 1. The summed E-state index contributed by atoms with van der Waals surface area (Å²) >= 11 is 0.949. The van der Waals surface area contributed by atoms with Crippen molar-refractivity contribution in [2.24, 2.45) is 0 Å². The first-order valence-electron chi connectivity index (χ1n) is 5.09. The Morgan fingerprint density at radius 2 is 1.84 bits per heavy atom. The first-order chi connectivity index (χ1) is 8.90. The summed E-state index contributed by atoms with van der Waals surface area (Å²) in [7, 11) is -3.82. The van der Waals surface area contributed by atoms with Gasteiger partial charge >= 0.3 is 5.97 Å². The summed E-state index contributed by atoms with van der Waals surface area (Å²) in [6, 6.07) is 7.03. The lowest BCUT2D eigenvalue weighted by molar-refractivity contribution is 0.0703. The van der Waals surface area contributed by atoms with E-state index in [9.17, 15) is 13.2 Å². The molecule has 0 saturated heterocycles. The van der Waals surface area contributed by atoms with E-state index < -0.39 is 16.0 Å². The van der Waals surface area contributed by atoms with E-state index in [1.54, 1.807) is 0 Å². The van der Waals surface area contributed by atoms with Crippen LogP contribution < -0.4 is 10.5 Å². The number of hydrogen-bond donors (Lipinski definition) is 3. The normalized spacial score (nSPS) is 11.2.